The second-order valence-electron chi connectivity index (χ2n) is 6.33. The topological polar surface area (TPSA) is 84.7 Å². The van der Waals surface area contributed by atoms with Gasteiger partial charge in [0.25, 0.3) is 0 Å². The van der Waals surface area contributed by atoms with Crippen LogP contribution in [0.3, 0.4) is 0 Å². The Morgan fingerprint density at radius 2 is 2.33 bits per heavy atom. The molecule has 27 heavy (non-hydrogen) atoms. The van der Waals surface area contributed by atoms with Crippen LogP contribution in [0, 0.1) is 5.92 Å². The molecular formula is C19H19N3O4S. The quantitative estimate of drug-likeness (QED) is 0.704. The van der Waals surface area contributed by atoms with Crippen molar-refractivity contribution < 1.29 is 18.7 Å². The maximum atomic E-state index is 12.6. The number of nitrogens with zero attached hydrogens (tertiary/aromatic N) is 2. The van der Waals surface area contributed by atoms with E-state index in [0.717, 1.165) is 16.0 Å². The highest BCUT2D eigenvalue weighted by Gasteiger charge is 2.35. The van der Waals surface area contributed by atoms with Crippen LogP contribution in [0.2, 0.25) is 0 Å². The molecule has 0 spiro atoms. The molecule has 0 saturated carbocycles. The fourth-order valence-corrected chi connectivity index (χ4v) is 4.01. The molecule has 7 nitrogen and oxygen atoms in total. The van der Waals surface area contributed by atoms with Crippen LogP contribution in [0.15, 0.2) is 41.0 Å². The van der Waals surface area contributed by atoms with Gasteiger partial charge in [-0.1, -0.05) is 11.3 Å². The number of thiazole rings is 1. The van der Waals surface area contributed by atoms with Crippen molar-refractivity contribution in [1.29, 1.82) is 0 Å². The molecule has 1 fully saturated rings. The molecule has 3 aromatic rings. The smallest absolute Gasteiger partial charge is 0.231 e. The van der Waals surface area contributed by atoms with Crippen molar-refractivity contribution in [2.24, 2.45) is 5.92 Å². The van der Waals surface area contributed by atoms with E-state index >= 15 is 0 Å². The first kappa shape index (κ1) is 17.5. The Kier molecular flexibility index (Phi) is 4.81. The summed E-state index contributed by atoms with van der Waals surface area (Å²) < 4.78 is 11.7. The number of furan rings is 1. The van der Waals surface area contributed by atoms with Crippen molar-refractivity contribution in [3.63, 3.8) is 0 Å². The van der Waals surface area contributed by atoms with Gasteiger partial charge in [-0.05, 0) is 37.3 Å². The number of carbonyl (C=O) groups excluding carboxylic acids is 2. The largest absolute Gasteiger partial charge is 0.494 e. The molecular weight excluding hydrogens is 366 g/mol. The Balaban J connectivity index is 1.41. The van der Waals surface area contributed by atoms with Gasteiger partial charge in [0, 0.05) is 13.0 Å². The summed E-state index contributed by atoms with van der Waals surface area (Å²) in [6, 6.07) is 9.24. The minimum Gasteiger partial charge on any atom is -0.494 e. The molecule has 0 radical (unpaired) electrons. The van der Waals surface area contributed by atoms with Gasteiger partial charge in [-0.3, -0.25) is 9.59 Å². The van der Waals surface area contributed by atoms with Crippen LogP contribution in [0.1, 0.15) is 19.1 Å². The molecule has 8 heteroatoms. The van der Waals surface area contributed by atoms with Gasteiger partial charge in [0.05, 0.1) is 35.5 Å². The standard InChI is InChI=1S/C19H19N3O4S/c1-2-25-13-5-6-15-16(9-13)27-19(20-15)21-18(24)12-8-17(23)22(10-12)11-14-4-3-7-26-14/h3-7,9,12H,2,8,10-11H2,1H3,(H,20,21,24). The summed E-state index contributed by atoms with van der Waals surface area (Å²) in [4.78, 5) is 30.9. The second-order valence-corrected chi connectivity index (χ2v) is 7.36. The number of anilines is 1. The zero-order valence-electron chi connectivity index (χ0n) is 14.8. The first-order valence-corrected chi connectivity index (χ1v) is 9.58. The van der Waals surface area contributed by atoms with Crippen LogP contribution in [-0.4, -0.2) is 34.8 Å². The lowest BCUT2D eigenvalue weighted by molar-refractivity contribution is -0.128. The summed E-state index contributed by atoms with van der Waals surface area (Å²) in [6.07, 6.45) is 1.77. The number of nitrogens with one attached hydrogen (secondary N) is 1. The zero-order chi connectivity index (χ0) is 18.8. The summed E-state index contributed by atoms with van der Waals surface area (Å²) in [5, 5.41) is 3.38. The monoisotopic (exact) mass is 385 g/mol. The van der Waals surface area contributed by atoms with E-state index in [-0.39, 0.29) is 18.2 Å². The summed E-state index contributed by atoms with van der Waals surface area (Å²) in [7, 11) is 0. The zero-order valence-corrected chi connectivity index (χ0v) is 15.6. The number of benzene rings is 1. The highest BCUT2D eigenvalue weighted by atomic mass is 32.1. The summed E-state index contributed by atoms with van der Waals surface area (Å²) in [5.41, 5.74) is 0.806. The third kappa shape index (κ3) is 3.80. The average Bonchev–Trinajstić information content (AvgIpc) is 3.36. The number of hydrogen-bond acceptors (Lipinski definition) is 6. The maximum Gasteiger partial charge on any atom is 0.231 e. The lowest BCUT2D eigenvalue weighted by Crippen LogP contribution is -2.27. The molecule has 140 valence electrons. The Morgan fingerprint density at radius 1 is 1.44 bits per heavy atom. The van der Waals surface area contributed by atoms with E-state index in [9.17, 15) is 9.59 Å². The molecule has 0 aliphatic carbocycles. The van der Waals surface area contributed by atoms with Crippen molar-refractivity contribution in [1.82, 2.24) is 9.88 Å². The molecule has 1 atom stereocenters. The van der Waals surface area contributed by atoms with E-state index in [1.54, 1.807) is 17.2 Å². The molecule has 1 aliphatic heterocycles. The molecule has 3 heterocycles. The SMILES string of the molecule is CCOc1ccc2nc(NC(=O)C3CC(=O)N(Cc4ccco4)C3)sc2c1. The van der Waals surface area contributed by atoms with Crippen LogP contribution >= 0.6 is 11.3 Å². The molecule has 1 aromatic carbocycles. The molecule has 0 bridgehead atoms. The Morgan fingerprint density at radius 3 is 3.11 bits per heavy atom. The number of fused-ring (bicyclic) bond motifs is 1. The summed E-state index contributed by atoms with van der Waals surface area (Å²) in [5.74, 6) is 0.868. The lowest BCUT2D eigenvalue weighted by atomic mass is 10.1. The fourth-order valence-electron chi connectivity index (χ4n) is 3.11. The van der Waals surface area contributed by atoms with Crippen molar-refractivity contribution in [2.75, 3.05) is 18.5 Å². The van der Waals surface area contributed by atoms with Gasteiger partial charge in [-0.2, -0.15) is 0 Å². The van der Waals surface area contributed by atoms with E-state index in [0.29, 0.717) is 30.6 Å². The minimum atomic E-state index is -0.390. The normalized spacial score (nSPS) is 16.9. The number of likely N-dealkylation sites (tertiary alicyclic amines) is 1. The predicted molar refractivity (Wildman–Crippen MR) is 102 cm³/mol. The summed E-state index contributed by atoms with van der Waals surface area (Å²) in [6.45, 7) is 3.29. The van der Waals surface area contributed by atoms with Crippen LogP contribution in [-0.2, 0) is 16.1 Å². The second kappa shape index (κ2) is 7.40. The van der Waals surface area contributed by atoms with Gasteiger partial charge < -0.3 is 19.4 Å². The number of rotatable bonds is 6. The van der Waals surface area contributed by atoms with E-state index < -0.39 is 5.92 Å². The highest BCUT2D eigenvalue weighted by molar-refractivity contribution is 7.22. The van der Waals surface area contributed by atoms with Crippen LogP contribution in [0.25, 0.3) is 10.2 Å². The first-order chi connectivity index (χ1) is 13.1. The molecule has 4 rings (SSSR count). The van der Waals surface area contributed by atoms with E-state index in [2.05, 4.69) is 10.3 Å². The van der Waals surface area contributed by atoms with Gasteiger partial charge in [0.15, 0.2) is 5.13 Å². The molecule has 2 aromatic heterocycles. The minimum absolute atomic E-state index is 0.0443. The number of ether oxygens (including phenoxy) is 1. The third-order valence-corrected chi connectivity index (χ3v) is 5.35. The van der Waals surface area contributed by atoms with Gasteiger partial charge >= 0.3 is 0 Å². The average molecular weight is 385 g/mol. The molecule has 1 aliphatic rings. The van der Waals surface area contributed by atoms with E-state index in [4.69, 9.17) is 9.15 Å². The lowest BCUT2D eigenvalue weighted by Gasteiger charge is -2.14. The van der Waals surface area contributed by atoms with Gasteiger partial charge in [-0.15, -0.1) is 0 Å². The van der Waals surface area contributed by atoms with Crippen molar-refractivity contribution in [3.8, 4) is 5.75 Å². The molecule has 1 unspecified atom stereocenters. The van der Waals surface area contributed by atoms with Gasteiger partial charge in [0.2, 0.25) is 11.8 Å². The summed E-state index contributed by atoms with van der Waals surface area (Å²) >= 11 is 1.39. The molecule has 1 N–H and O–H groups in total. The van der Waals surface area contributed by atoms with Crippen LogP contribution in [0.5, 0.6) is 5.75 Å². The van der Waals surface area contributed by atoms with Crippen LogP contribution in [0.4, 0.5) is 5.13 Å². The molecule has 2 amide bonds. The van der Waals surface area contributed by atoms with Crippen molar-refractivity contribution in [2.45, 2.75) is 19.9 Å². The number of amides is 2. The highest BCUT2D eigenvalue weighted by Crippen LogP contribution is 2.30. The molecule has 1 saturated heterocycles. The van der Waals surface area contributed by atoms with Crippen LogP contribution < -0.4 is 10.1 Å². The first-order valence-electron chi connectivity index (χ1n) is 8.77. The number of aromatic nitrogens is 1. The Labute approximate surface area is 159 Å². The van der Waals surface area contributed by atoms with Gasteiger partial charge in [0.1, 0.15) is 11.5 Å². The third-order valence-electron chi connectivity index (χ3n) is 4.41. The maximum absolute atomic E-state index is 12.6. The number of carbonyl (C=O) groups is 2. The fraction of sp³-hybridized carbons (Fsp3) is 0.316. The Bertz CT molecular complexity index is 967. The predicted octanol–water partition coefficient (Wildman–Crippen LogP) is 3.28. The van der Waals surface area contributed by atoms with Crippen molar-refractivity contribution in [3.05, 3.63) is 42.4 Å². The van der Waals surface area contributed by atoms with E-state index in [1.165, 1.54) is 11.3 Å². The van der Waals surface area contributed by atoms with Crippen molar-refractivity contribution >= 4 is 38.5 Å². The Hall–Kier alpha value is -2.87. The van der Waals surface area contributed by atoms with E-state index in [1.807, 2.05) is 31.2 Å². The van der Waals surface area contributed by atoms with Gasteiger partial charge in [-0.25, -0.2) is 4.98 Å². The number of hydrogen-bond donors (Lipinski definition) is 1.